The van der Waals surface area contributed by atoms with Gasteiger partial charge in [-0.2, -0.15) is 0 Å². The van der Waals surface area contributed by atoms with E-state index in [0.717, 1.165) is 44.1 Å². The minimum absolute atomic E-state index is 0.328. The second-order valence-corrected chi connectivity index (χ2v) is 5.51. The van der Waals surface area contributed by atoms with Crippen LogP contribution in [0, 0.1) is 0 Å². The summed E-state index contributed by atoms with van der Waals surface area (Å²) in [4.78, 5) is 2.53. The lowest BCUT2D eigenvalue weighted by Gasteiger charge is -2.31. The fraction of sp³-hybridized carbons (Fsp3) is 0.647. The predicted octanol–water partition coefficient (Wildman–Crippen LogP) is 2.46. The zero-order valence-electron chi connectivity index (χ0n) is 14.1. The van der Waals surface area contributed by atoms with E-state index in [2.05, 4.69) is 23.2 Å². The van der Waals surface area contributed by atoms with Crippen LogP contribution in [0.3, 0.4) is 0 Å². The summed E-state index contributed by atoms with van der Waals surface area (Å²) in [5.41, 5.74) is 1.17. The molecule has 1 aliphatic heterocycles. The summed E-state index contributed by atoms with van der Waals surface area (Å²) >= 11 is 0. The van der Waals surface area contributed by atoms with Crippen molar-refractivity contribution >= 4 is 0 Å². The molecule has 22 heavy (non-hydrogen) atoms. The first-order chi connectivity index (χ1) is 10.7. The van der Waals surface area contributed by atoms with Gasteiger partial charge in [0.15, 0.2) is 11.5 Å². The van der Waals surface area contributed by atoms with E-state index in [1.165, 1.54) is 12.0 Å². The molecular formula is C17H28N2O3. The maximum absolute atomic E-state index is 5.61. The van der Waals surface area contributed by atoms with Gasteiger partial charge in [-0.3, -0.25) is 4.90 Å². The van der Waals surface area contributed by atoms with Crippen molar-refractivity contribution in [1.29, 1.82) is 0 Å². The van der Waals surface area contributed by atoms with E-state index in [0.29, 0.717) is 11.8 Å². The number of nitrogens with zero attached hydrogens (tertiary/aromatic N) is 1. The SMILES string of the molecule is CCC(c1cc(OC)c(OC)cc1OC)N1CCCNCC1. The summed E-state index contributed by atoms with van der Waals surface area (Å²) in [5, 5.41) is 3.46. The maximum atomic E-state index is 5.61. The first-order valence-corrected chi connectivity index (χ1v) is 7.99. The first kappa shape index (κ1) is 16.9. The van der Waals surface area contributed by atoms with Crippen LogP contribution in [-0.2, 0) is 0 Å². The third-order valence-corrected chi connectivity index (χ3v) is 4.30. The van der Waals surface area contributed by atoms with Crippen LogP contribution in [-0.4, -0.2) is 52.4 Å². The average molecular weight is 308 g/mol. The molecular weight excluding hydrogens is 280 g/mol. The molecule has 0 saturated carbocycles. The third kappa shape index (κ3) is 3.65. The lowest BCUT2D eigenvalue weighted by Crippen LogP contribution is -2.32. The number of methoxy groups -OCH3 is 3. The molecule has 0 aliphatic carbocycles. The monoisotopic (exact) mass is 308 g/mol. The fourth-order valence-electron chi connectivity index (χ4n) is 3.17. The van der Waals surface area contributed by atoms with Gasteiger partial charge in [-0.15, -0.1) is 0 Å². The minimum atomic E-state index is 0.328. The quantitative estimate of drug-likeness (QED) is 0.874. The van der Waals surface area contributed by atoms with E-state index in [4.69, 9.17) is 14.2 Å². The van der Waals surface area contributed by atoms with Crippen molar-refractivity contribution in [3.8, 4) is 17.2 Å². The summed E-state index contributed by atoms with van der Waals surface area (Å²) in [7, 11) is 5.03. The molecule has 1 aromatic rings. The average Bonchev–Trinajstić information content (AvgIpc) is 2.84. The van der Waals surface area contributed by atoms with Crippen LogP contribution < -0.4 is 19.5 Å². The highest BCUT2D eigenvalue weighted by Crippen LogP contribution is 2.40. The van der Waals surface area contributed by atoms with Gasteiger partial charge in [0.2, 0.25) is 0 Å². The molecule has 5 heteroatoms. The van der Waals surface area contributed by atoms with E-state index in [1.807, 2.05) is 6.07 Å². The number of rotatable bonds is 6. The Morgan fingerprint density at radius 2 is 1.68 bits per heavy atom. The smallest absolute Gasteiger partial charge is 0.164 e. The van der Waals surface area contributed by atoms with Crippen LogP contribution in [0.2, 0.25) is 0 Å². The molecule has 1 saturated heterocycles. The Kier molecular flexibility index (Phi) is 6.34. The van der Waals surface area contributed by atoms with Crippen molar-refractivity contribution in [2.24, 2.45) is 0 Å². The molecule has 2 rings (SSSR count). The summed E-state index contributed by atoms with van der Waals surface area (Å²) in [6, 6.07) is 4.31. The Bertz CT molecular complexity index is 471. The molecule has 5 nitrogen and oxygen atoms in total. The van der Waals surface area contributed by atoms with Crippen molar-refractivity contribution in [2.45, 2.75) is 25.8 Å². The van der Waals surface area contributed by atoms with Gasteiger partial charge in [0.05, 0.1) is 21.3 Å². The highest BCUT2D eigenvalue weighted by molar-refractivity contribution is 5.51. The standard InChI is InChI=1S/C17H28N2O3/c1-5-14(19-9-6-7-18-8-10-19)13-11-16(21-3)17(22-4)12-15(13)20-2/h11-12,14,18H,5-10H2,1-4H3. The number of ether oxygens (including phenoxy) is 3. The van der Waals surface area contributed by atoms with Crippen LogP contribution in [0.4, 0.5) is 0 Å². The first-order valence-electron chi connectivity index (χ1n) is 7.99. The van der Waals surface area contributed by atoms with Gasteiger partial charge < -0.3 is 19.5 Å². The Labute approximate surface area is 133 Å². The van der Waals surface area contributed by atoms with Crippen molar-refractivity contribution in [1.82, 2.24) is 10.2 Å². The molecule has 124 valence electrons. The molecule has 1 aliphatic rings. The van der Waals surface area contributed by atoms with E-state index in [-0.39, 0.29) is 0 Å². The van der Waals surface area contributed by atoms with E-state index in [9.17, 15) is 0 Å². The highest BCUT2D eigenvalue weighted by Gasteiger charge is 2.24. The Morgan fingerprint density at radius 3 is 2.32 bits per heavy atom. The Balaban J connectivity index is 2.37. The number of hydrogen-bond donors (Lipinski definition) is 1. The van der Waals surface area contributed by atoms with Gasteiger partial charge in [-0.1, -0.05) is 6.92 Å². The van der Waals surface area contributed by atoms with Crippen molar-refractivity contribution in [3.05, 3.63) is 17.7 Å². The van der Waals surface area contributed by atoms with Crippen LogP contribution >= 0.6 is 0 Å². The highest BCUT2D eigenvalue weighted by atomic mass is 16.5. The van der Waals surface area contributed by atoms with Gasteiger partial charge in [0.1, 0.15) is 5.75 Å². The normalized spacial score (nSPS) is 17.6. The molecule has 0 radical (unpaired) electrons. The third-order valence-electron chi connectivity index (χ3n) is 4.30. The molecule has 1 atom stereocenters. The summed E-state index contributed by atoms with van der Waals surface area (Å²) in [6.07, 6.45) is 2.21. The largest absolute Gasteiger partial charge is 0.496 e. The van der Waals surface area contributed by atoms with E-state index < -0.39 is 0 Å². The van der Waals surface area contributed by atoms with Crippen LogP contribution in [0.1, 0.15) is 31.4 Å². The van der Waals surface area contributed by atoms with Gasteiger partial charge in [0, 0.05) is 37.3 Å². The molecule has 0 amide bonds. The van der Waals surface area contributed by atoms with Gasteiger partial charge >= 0.3 is 0 Å². The van der Waals surface area contributed by atoms with Crippen LogP contribution in [0.25, 0.3) is 0 Å². The molecule has 0 aromatic heterocycles. The molecule has 1 aromatic carbocycles. The summed E-state index contributed by atoms with van der Waals surface area (Å²) in [5.74, 6) is 2.32. The summed E-state index contributed by atoms with van der Waals surface area (Å²) in [6.45, 7) is 6.50. The number of hydrogen-bond acceptors (Lipinski definition) is 5. The topological polar surface area (TPSA) is 43.0 Å². The van der Waals surface area contributed by atoms with Crippen molar-refractivity contribution in [2.75, 3.05) is 47.5 Å². The molecule has 1 heterocycles. The zero-order chi connectivity index (χ0) is 15.9. The molecule has 1 fully saturated rings. The van der Waals surface area contributed by atoms with E-state index in [1.54, 1.807) is 21.3 Å². The van der Waals surface area contributed by atoms with Crippen molar-refractivity contribution < 1.29 is 14.2 Å². The molecule has 0 spiro atoms. The van der Waals surface area contributed by atoms with Crippen LogP contribution in [0.5, 0.6) is 17.2 Å². The minimum Gasteiger partial charge on any atom is -0.496 e. The van der Waals surface area contributed by atoms with E-state index >= 15 is 0 Å². The van der Waals surface area contributed by atoms with Gasteiger partial charge in [0.25, 0.3) is 0 Å². The molecule has 1 unspecified atom stereocenters. The predicted molar refractivity (Wildman–Crippen MR) is 88.2 cm³/mol. The lowest BCUT2D eigenvalue weighted by atomic mass is 10.00. The second kappa shape index (κ2) is 8.25. The lowest BCUT2D eigenvalue weighted by molar-refractivity contribution is 0.200. The summed E-state index contributed by atoms with van der Waals surface area (Å²) < 4.78 is 16.5. The number of benzene rings is 1. The van der Waals surface area contributed by atoms with Crippen LogP contribution in [0.15, 0.2) is 12.1 Å². The fourth-order valence-corrected chi connectivity index (χ4v) is 3.17. The Morgan fingerprint density at radius 1 is 1.00 bits per heavy atom. The zero-order valence-corrected chi connectivity index (χ0v) is 14.1. The molecule has 1 N–H and O–H groups in total. The van der Waals surface area contributed by atoms with Gasteiger partial charge in [-0.25, -0.2) is 0 Å². The second-order valence-electron chi connectivity index (χ2n) is 5.51. The van der Waals surface area contributed by atoms with Gasteiger partial charge in [-0.05, 0) is 25.5 Å². The number of nitrogens with one attached hydrogen (secondary N) is 1. The van der Waals surface area contributed by atoms with Crippen molar-refractivity contribution in [3.63, 3.8) is 0 Å². The Hall–Kier alpha value is -1.46. The maximum Gasteiger partial charge on any atom is 0.164 e. The molecule has 0 bridgehead atoms.